The highest BCUT2D eigenvalue weighted by atomic mass is 32.1. The van der Waals surface area contributed by atoms with Crippen molar-refractivity contribution in [3.8, 4) is 0 Å². The van der Waals surface area contributed by atoms with E-state index < -0.39 is 0 Å². The largest absolute Gasteiger partial charge is 0.353 e. The molecule has 0 aromatic carbocycles. The van der Waals surface area contributed by atoms with Crippen LogP contribution in [0.25, 0.3) is 0 Å². The zero-order valence-corrected chi connectivity index (χ0v) is 13.8. The first-order chi connectivity index (χ1) is 9.33. The number of hydrogen-bond donors (Lipinski definition) is 1. The molecule has 1 rings (SSSR count). The first kappa shape index (κ1) is 16.9. The van der Waals surface area contributed by atoms with Crippen LogP contribution < -0.4 is 5.32 Å². The molecule has 20 heavy (non-hydrogen) atoms. The fourth-order valence-electron chi connectivity index (χ4n) is 2.05. The van der Waals surface area contributed by atoms with Crippen LogP contribution >= 0.6 is 11.3 Å². The molecule has 112 valence electrons. The number of ketones is 1. The van der Waals surface area contributed by atoms with Crippen LogP contribution in [0.3, 0.4) is 0 Å². The second-order valence-electron chi connectivity index (χ2n) is 5.28. The van der Waals surface area contributed by atoms with E-state index in [0.29, 0.717) is 13.1 Å². The molecule has 1 heterocycles. The first-order valence-electron chi connectivity index (χ1n) is 6.95. The van der Waals surface area contributed by atoms with Crippen molar-refractivity contribution in [1.29, 1.82) is 0 Å². The molecular weight excluding hydrogens is 272 g/mol. The van der Waals surface area contributed by atoms with Crippen molar-refractivity contribution in [2.75, 3.05) is 19.6 Å². The summed E-state index contributed by atoms with van der Waals surface area (Å²) in [6.45, 7) is 11.0. The Bertz CT molecular complexity index is 480. The Kier molecular flexibility index (Phi) is 6.36. The molecule has 0 atom stereocenters. The molecule has 1 aromatic rings. The van der Waals surface area contributed by atoms with Crippen molar-refractivity contribution in [2.24, 2.45) is 0 Å². The lowest BCUT2D eigenvalue weighted by atomic mass is 10.1. The van der Waals surface area contributed by atoms with Crippen molar-refractivity contribution in [3.63, 3.8) is 0 Å². The summed E-state index contributed by atoms with van der Waals surface area (Å²) in [5.41, 5.74) is 0.787. The minimum absolute atomic E-state index is 0.0344. The normalized spacial score (nSPS) is 11.2. The van der Waals surface area contributed by atoms with E-state index in [9.17, 15) is 9.59 Å². The third-order valence-electron chi connectivity index (χ3n) is 2.97. The van der Waals surface area contributed by atoms with E-state index in [0.717, 1.165) is 15.3 Å². The van der Waals surface area contributed by atoms with Crippen LogP contribution in [-0.2, 0) is 4.79 Å². The molecule has 0 saturated carbocycles. The second-order valence-corrected chi connectivity index (χ2v) is 6.74. The number of hydrogen-bond acceptors (Lipinski definition) is 4. The Morgan fingerprint density at radius 2 is 1.95 bits per heavy atom. The van der Waals surface area contributed by atoms with E-state index in [1.54, 1.807) is 11.3 Å². The van der Waals surface area contributed by atoms with Gasteiger partial charge in [0.1, 0.15) is 0 Å². The summed E-state index contributed by atoms with van der Waals surface area (Å²) in [6, 6.07) is 2.06. The van der Waals surface area contributed by atoms with E-state index in [-0.39, 0.29) is 24.3 Å². The SMILES string of the molecule is CCN(CC(=O)NC(C)C)CC(=O)c1cc(C)sc1C. The fourth-order valence-corrected chi connectivity index (χ4v) is 2.99. The van der Waals surface area contributed by atoms with E-state index >= 15 is 0 Å². The van der Waals surface area contributed by atoms with E-state index in [4.69, 9.17) is 0 Å². The summed E-state index contributed by atoms with van der Waals surface area (Å²) in [6.07, 6.45) is 0. The minimum Gasteiger partial charge on any atom is -0.353 e. The minimum atomic E-state index is -0.0344. The predicted octanol–water partition coefficient (Wildman–Crippen LogP) is 2.39. The maximum absolute atomic E-state index is 12.3. The van der Waals surface area contributed by atoms with Gasteiger partial charge in [0.05, 0.1) is 13.1 Å². The number of carbonyl (C=O) groups excluding carboxylic acids is 2. The molecular formula is C15H24N2O2S. The molecule has 1 aromatic heterocycles. The third-order valence-corrected chi connectivity index (χ3v) is 3.94. The van der Waals surface area contributed by atoms with Gasteiger partial charge in [0, 0.05) is 21.4 Å². The van der Waals surface area contributed by atoms with Gasteiger partial charge in [-0.05, 0) is 40.3 Å². The third kappa shape index (κ3) is 5.06. The lowest BCUT2D eigenvalue weighted by molar-refractivity contribution is -0.122. The van der Waals surface area contributed by atoms with Crippen LogP contribution in [0.5, 0.6) is 0 Å². The van der Waals surface area contributed by atoms with Crippen molar-refractivity contribution < 1.29 is 9.59 Å². The average Bonchev–Trinajstić information content (AvgIpc) is 2.66. The Balaban J connectivity index is 2.62. The first-order valence-corrected chi connectivity index (χ1v) is 7.77. The number of thiophene rings is 1. The number of likely N-dealkylation sites (N-methyl/N-ethyl adjacent to an activating group) is 1. The average molecular weight is 296 g/mol. The Labute approximate surface area is 125 Å². The highest BCUT2D eigenvalue weighted by molar-refractivity contribution is 7.12. The molecule has 0 aliphatic rings. The number of Topliss-reactive ketones (excluding diaryl/α,β-unsaturated/α-hetero) is 1. The monoisotopic (exact) mass is 296 g/mol. The lowest BCUT2D eigenvalue weighted by Crippen LogP contribution is -2.41. The van der Waals surface area contributed by atoms with Crippen LogP contribution in [0, 0.1) is 13.8 Å². The van der Waals surface area contributed by atoms with E-state index in [2.05, 4.69) is 5.32 Å². The Morgan fingerprint density at radius 3 is 2.40 bits per heavy atom. The Hall–Kier alpha value is -1.20. The number of carbonyl (C=O) groups is 2. The van der Waals surface area contributed by atoms with Gasteiger partial charge in [-0.2, -0.15) is 0 Å². The standard InChI is InChI=1S/C15H24N2O2S/c1-6-17(9-15(19)16-10(2)3)8-14(18)13-7-11(4)20-12(13)5/h7,10H,6,8-9H2,1-5H3,(H,16,19). The number of aryl methyl sites for hydroxylation is 2. The molecule has 0 bridgehead atoms. The Morgan fingerprint density at radius 1 is 1.30 bits per heavy atom. The van der Waals surface area contributed by atoms with Gasteiger partial charge < -0.3 is 5.32 Å². The molecule has 0 aliphatic carbocycles. The van der Waals surface area contributed by atoms with E-state index in [1.165, 1.54) is 0 Å². The van der Waals surface area contributed by atoms with Gasteiger partial charge in [-0.1, -0.05) is 6.92 Å². The quantitative estimate of drug-likeness (QED) is 0.786. The van der Waals surface area contributed by atoms with Gasteiger partial charge in [-0.25, -0.2) is 0 Å². The van der Waals surface area contributed by atoms with Crippen LogP contribution in [0.2, 0.25) is 0 Å². The van der Waals surface area contributed by atoms with Crippen LogP contribution in [0.1, 0.15) is 40.9 Å². The highest BCUT2D eigenvalue weighted by Gasteiger charge is 2.17. The lowest BCUT2D eigenvalue weighted by Gasteiger charge is -2.19. The summed E-state index contributed by atoms with van der Waals surface area (Å²) in [4.78, 5) is 28.1. The number of amides is 1. The molecule has 5 heteroatoms. The van der Waals surface area contributed by atoms with Gasteiger partial charge in [0.25, 0.3) is 0 Å². The van der Waals surface area contributed by atoms with Gasteiger partial charge in [0.2, 0.25) is 5.91 Å². The number of nitrogens with one attached hydrogen (secondary N) is 1. The van der Waals surface area contributed by atoms with Crippen LogP contribution in [-0.4, -0.2) is 42.3 Å². The summed E-state index contributed by atoms with van der Waals surface area (Å²) in [5, 5.41) is 2.85. The molecule has 1 amide bonds. The summed E-state index contributed by atoms with van der Waals surface area (Å²) in [5.74, 6) is 0.0546. The smallest absolute Gasteiger partial charge is 0.234 e. The molecule has 4 nitrogen and oxygen atoms in total. The molecule has 0 radical (unpaired) electrons. The van der Waals surface area contributed by atoms with Gasteiger partial charge >= 0.3 is 0 Å². The second kappa shape index (κ2) is 7.55. The zero-order valence-electron chi connectivity index (χ0n) is 12.9. The number of nitrogens with zero attached hydrogens (tertiary/aromatic N) is 1. The molecule has 0 fully saturated rings. The molecule has 1 N–H and O–H groups in total. The predicted molar refractivity (Wildman–Crippen MR) is 83.5 cm³/mol. The van der Waals surface area contributed by atoms with Crippen molar-refractivity contribution >= 4 is 23.0 Å². The van der Waals surface area contributed by atoms with Gasteiger partial charge in [0.15, 0.2) is 5.78 Å². The molecule has 0 saturated heterocycles. The highest BCUT2D eigenvalue weighted by Crippen LogP contribution is 2.21. The number of rotatable bonds is 7. The van der Waals surface area contributed by atoms with Crippen LogP contribution in [0.4, 0.5) is 0 Å². The van der Waals surface area contributed by atoms with Crippen molar-refractivity contribution in [1.82, 2.24) is 10.2 Å². The van der Waals surface area contributed by atoms with Gasteiger partial charge in [-0.3, -0.25) is 14.5 Å². The molecule has 0 aliphatic heterocycles. The maximum Gasteiger partial charge on any atom is 0.234 e. The zero-order chi connectivity index (χ0) is 15.3. The maximum atomic E-state index is 12.3. The summed E-state index contributed by atoms with van der Waals surface area (Å²) >= 11 is 1.64. The summed E-state index contributed by atoms with van der Waals surface area (Å²) in [7, 11) is 0. The van der Waals surface area contributed by atoms with E-state index in [1.807, 2.05) is 45.6 Å². The topological polar surface area (TPSA) is 49.4 Å². The molecule has 0 unspecified atom stereocenters. The van der Waals surface area contributed by atoms with Gasteiger partial charge in [-0.15, -0.1) is 11.3 Å². The molecule has 0 spiro atoms. The van der Waals surface area contributed by atoms with Crippen LogP contribution in [0.15, 0.2) is 6.07 Å². The fraction of sp³-hybridized carbons (Fsp3) is 0.600. The van der Waals surface area contributed by atoms with Crippen molar-refractivity contribution in [2.45, 2.75) is 40.7 Å². The summed E-state index contributed by atoms with van der Waals surface area (Å²) < 4.78 is 0. The van der Waals surface area contributed by atoms with Crippen molar-refractivity contribution in [3.05, 3.63) is 21.4 Å².